The van der Waals surface area contributed by atoms with E-state index in [1.807, 2.05) is 48.5 Å². The van der Waals surface area contributed by atoms with Crippen LogP contribution in [0.1, 0.15) is 43.0 Å². The van der Waals surface area contributed by atoms with Crippen LogP contribution in [0.4, 0.5) is 4.79 Å². The van der Waals surface area contributed by atoms with Crippen molar-refractivity contribution < 1.29 is 9.53 Å². The van der Waals surface area contributed by atoms with Gasteiger partial charge in [0.25, 0.3) is 0 Å². The number of aromatic nitrogens is 3. The number of carbonyl (C=O) groups excluding carboxylic acids is 1. The van der Waals surface area contributed by atoms with Crippen molar-refractivity contribution >= 4 is 6.03 Å². The molecule has 2 aromatic heterocycles. The molecule has 7 nitrogen and oxygen atoms in total. The summed E-state index contributed by atoms with van der Waals surface area (Å²) in [4.78, 5) is 16.7. The molecule has 3 aromatic rings. The van der Waals surface area contributed by atoms with Crippen LogP contribution in [0.15, 0.2) is 54.7 Å². The van der Waals surface area contributed by atoms with Gasteiger partial charge in [-0.25, -0.2) is 4.79 Å². The highest BCUT2D eigenvalue weighted by Crippen LogP contribution is 2.33. The number of rotatable bonds is 8. The Hall–Kier alpha value is -3.35. The number of amides is 2. The van der Waals surface area contributed by atoms with E-state index in [1.165, 1.54) is 12.8 Å². The molecule has 31 heavy (non-hydrogen) atoms. The number of ether oxygens (including phenoxy) is 1. The van der Waals surface area contributed by atoms with Crippen LogP contribution >= 0.6 is 0 Å². The molecule has 7 heteroatoms. The van der Waals surface area contributed by atoms with E-state index in [-0.39, 0.29) is 6.03 Å². The van der Waals surface area contributed by atoms with Crippen LogP contribution in [0, 0.1) is 0 Å². The Labute approximate surface area is 182 Å². The van der Waals surface area contributed by atoms with Gasteiger partial charge in [0, 0.05) is 12.7 Å². The van der Waals surface area contributed by atoms with Crippen molar-refractivity contribution in [1.82, 2.24) is 25.4 Å². The smallest absolute Gasteiger partial charge is 0.315 e. The number of urea groups is 1. The van der Waals surface area contributed by atoms with Crippen LogP contribution in [0.5, 0.6) is 5.75 Å². The Kier molecular flexibility index (Phi) is 6.82. The average Bonchev–Trinajstić information content (AvgIpc) is 3.49. The minimum absolute atomic E-state index is 0.191. The second-order valence-electron chi connectivity index (χ2n) is 7.83. The van der Waals surface area contributed by atoms with E-state index in [0.29, 0.717) is 19.1 Å². The Bertz CT molecular complexity index is 979. The van der Waals surface area contributed by atoms with E-state index in [4.69, 9.17) is 9.84 Å². The molecule has 0 aliphatic heterocycles. The first-order chi connectivity index (χ1) is 15.2. The molecule has 2 N–H and O–H groups in total. The molecular weight excluding hydrogens is 390 g/mol. The Morgan fingerprint density at radius 1 is 1.13 bits per heavy atom. The number of nitrogens with zero attached hydrogens (tertiary/aromatic N) is 3. The summed E-state index contributed by atoms with van der Waals surface area (Å²) in [6, 6.07) is 16.0. The fourth-order valence-electron chi connectivity index (χ4n) is 4.01. The predicted molar refractivity (Wildman–Crippen MR) is 120 cm³/mol. The summed E-state index contributed by atoms with van der Waals surface area (Å²) in [6.45, 7) is 0.946. The second-order valence-corrected chi connectivity index (χ2v) is 7.83. The molecule has 0 spiro atoms. The van der Waals surface area contributed by atoms with Crippen molar-refractivity contribution in [3.8, 4) is 17.1 Å². The maximum atomic E-state index is 12.2. The number of methoxy groups -OCH3 is 1. The lowest BCUT2D eigenvalue weighted by molar-refractivity contribution is 0.240. The summed E-state index contributed by atoms with van der Waals surface area (Å²) >= 11 is 0. The molecule has 1 aromatic carbocycles. The molecule has 0 unspecified atom stereocenters. The number of nitrogens with one attached hydrogen (secondary N) is 2. The summed E-state index contributed by atoms with van der Waals surface area (Å²) in [6.07, 6.45) is 7.31. The highest BCUT2D eigenvalue weighted by Gasteiger charge is 2.22. The number of hydrogen-bond donors (Lipinski definition) is 2. The molecule has 2 heterocycles. The quantitative estimate of drug-likeness (QED) is 0.576. The summed E-state index contributed by atoms with van der Waals surface area (Å²) in [5.74, 6) is 0.830. The van der Waals surface area contributed by atoms with Crippen LogP contribution < -0.4 is 15.4 Å². The third-order valence-corrected chi connectivity index (χ3v) is 5.67. The largest absolute Gasteiger partial charge is 0.497 e. The lowest BCUT2D eigenvalue weighted by Crippen LogP contribution is -2.36. The highest BCUT2D eigenvalue weighted by atomic mass is 16.5. The first kappa shape index (κ1) is 20.9. The van der Waals surface area contributed by atoms with Crippen molar-refractivity contribution in [2.24, 2.45) is 0 Å². The Morgan fingerprint density at radius 3 is 2.65 bits per heavy atom. The minimum atomic E-state index is -0.191. The van der Waals surface area contributed by atoms with Gasteiger partial charge in [-0.1, -0.05) is 31.0 Å². The molecule has 0 atom stereocenters. The van der Waals surface area contributed by atoms with E-state index < -0.39 is 0 Å². The van der Waals surface area contributed by atoms with Crippen molar-refractivity contribution in [2.45, 2.75) is 44.7 Å². The maximum absolute atomic E-state index is 12.2. The van der Waals surface area contributed by atoms with E-state index in [2.05, 4.69) is 20.3 Å². The summed E-state index contributed by atoms with van der Waals surface area (Å²) < 4.78 is 7.27. The van der Waals surface area contributed by atoms with Gasteiger partial charge in [0.05, 0.1) is 36.8 Å². The first-order valence-electron chi connectivity index (χ1n) is 10.9. The zero-order valence-corrected chi connectivity index (χ0v) is 17.9. The standard InChI is InChI=1S/C24H29N5O2/c1-31-21-11-9-18(10-12-21)13-15-26-24(30)27-17-19-16-23(22-8-4-5-14-25-22)29(28-19)20-6-2-3-7-20/h4-5,8-12,14,16,20H,2-3,6-7,13,15,17H2,1H3,(H2,26,27,30). The van der Waals surface area contributed by atoms with Crippen LogP contribution in [0.2, 0.25) is 0 Å². The average molecular weight is 420 g/mol. The lowest BCUT2D eigenvalue weighted by atomic mass is 10.1. The van der Waals surface area contributed by atoms with Gasteiger partial charge in [-0.05, 0) is 55.2 Å². The fourth-order valence-corrected chi connectivity index (χ4v) is 4.01. The van der Waals surface area contributed by atoms with E-state index in [0.717, 1.165) is 47.7 Å². The fraction of sp³-hybridized carbons (Fsp3) is 0.375. The molecule has 1 aliphatic rings. The van der Waals surface area contributed by atoms with Gasteiger partial charge in [0.2, 0.25) is 0 Å². The van der Waals surface area contributed by atoms with Crippen molar-refractivity contribution in [3.63, 3.8) is 0 Å². The van der Waals surface area contributed by atoms with Gasteiger partial charge in [0.1, 0.15) is 5.75 Å². The molecule has 1 saturated carbocycles. The number of carbonyl (C=O) groups is 1. The van der Waals surface area contributed by atoms with Gasteiger partial charge in [-0.2, -0.15) is 5.10 Å². The zero-order chi connectivity index (χ0) is 21.5. The number of hydrogen-bond acceptors (Lipinski definition) is 4. The number of benzene rings is 1. The Morgan fingerprint density at radius 2 is 1.94 bits per heavy atom. The number of pyridine rings is 1. The third kappa shape index (κ3) is 5.42. The molecular formula is C24H29N5O2. The minimum Gasteiger partial charge on any atom is -0.497 e. The SMILES string of the molecule is COc1ccc(CCNC(=O)NCc2cc(-c3ccccn3)n(C3CCCC3)n2)cc1. The van der Waals surface area contributed by atoms with E-state index >= 15 is 0 Å². The summed E-state index contributed by atoms with van der Waals surface area (Å²) in [5.41, 5.74) is 3.93. The molecule has 4 rings (SSSR count). The Balaban J connectivity index is 1.32. The van der Waals surface area contributed by atoms with Gasteiger partial charge in [-0.3, -0.25) is 9.67 Å². The van der Waals surface area contributed by atoms with Crippen molar-refractivity contribution in [1.29, 1.82) is 0 Å². The lowest BCUT2D eigenvalue weighted by Gasteiger charge is -2.13. The van der Waals surface area contributed by atoms with Crippen LogP contribution in [0.3, 0.4) is 0 Å². The van der Waals surface area contributed by atoms with Crippen LogP contribution in [-0.4, -0.2) is 34.5 Å². The molecule has 0 radical (unpaired) electrons. The highest BCUT2D eigenvalue weighted by molar-refractivity contribution is 5.73. The maximum Gasteiger partial charge on any atom is 0.315 e. The van der Waals surface area contributed by atoms with Gasteiger partial charge in [-0.15, -0.1) is 0 Å². The molecule has 2 amide bonds. The topological polar surface area (TPSA) is 81.1 Å². The summed E-state index contributed by atoms with van der Waals surface area (Å²) in [5, 5.41) is 10.6. The predicted octanol–water partition coefficient (Wildman–Crippen LogP) is 4.11. The van der Waals surface area contributed by atoms with Crippen molar-refractivity contribution in [2.75, 3.05) is 13.7 Å². The normalized spacial score (nSPS) is 13.8. The first-order valence-corrected chi connectivity index (χ1v) is 10.9. The zero-order valence-electron chi connectivity index (χ0n) is 17.9. The van der Waals surface area contributed by atoms with E-state index in [9.17, 15) is 4.79 Å². The molecule has 162 valence electrons. The molecule has 1 aliphatic carbocycles. The van der Waals surface area contributed by atoms with Crippen LogP contribution in [0.25, 0.3) is 11.4 Å². The molecule has 0 saturated heterocycles. The monoisotopic (exact) mass is 419 g/mol. The summed E-state index contributed by atoms with van der Waals surface area (Å²) in [7, 11) is 1.65. The molecule has 1 fully saturated rings. The third-order valence-electron chi connectivity index (χ3n) is 5.67. The van der Waals surface area contributed by atoms with Gasteiger partial charge in [0.15, 0.2) is 0 Å². The van der Waals surface area contributed by atoms with E-state index in [1.54, 1.807) is 13.3 Å². The van der Waals surface area contributed by atoms with Crippen molar-refractivity contribution in [3.05, 3.63) is 66.0 Å². The second kappa shape index (κ2) is 10.1. The van der Waals surface area contributed by atoms with Gasteiger partial charge < -0.3 is 15.4 Å². The van der Waals surface area contributed by atoms with Crippen LogP contribution in [-0.2, 0) is 13.0 Å². The van der Waals surface area contributed by atoms with Gasteiger partial charge >= 0.3 is 6.03 Å². The molecule has 0 bridgehead atoms.